The summed E-state index contributed by atoms with van der Waals surface area (Å²) in [5.41, 5.74) is 5.28. The van der Waals surface area contributed by atoms with Crippen molar-refractivity contribution in [3.63, 3.8) is 0 Å². The van der Waals surface area contributed by atoms with Gasteiger partial charge in [0.15, 0.2) is 0 Å². The van der Waals surface area contributed by atoms with Crippen LogP contribution in [0.4, 0.5) is 8.78 Å². The summed E-state index contributed by atoms with van der Waals surface area (Å²) in [6.45, 7) is 0.425. The topological polar surface area (TPSA) is 46.2 Å². The van der Waals surface area contributed by atoms with Crippen molar-refractivity contribution in [2.45, 2.75) is 44.1 Å². The first-order chi connectivity index (χ1) is 6.05. The summed E-state index contributed by atoms with van der Waals surface area (Å²) >= 11 is 0. The Morgan fingerprint density at radius 2 is 1.92 bits per heavy atom. The van der Waals surface area contributed by atoms with Gasteiger partial charge >= 0.3 is 0 Å². The Hall–Kier alpha value is -0.220. The van der Waals surface area contributed by atoms with Crippen molar-refractivity contribution in [2.24, 2.45) is 11.7 Å². The summed E-state index contributed by atoms with van der Waals surface area (Å²) in [4.78, 5) is 0. The number of aliphatic hydroxyl groups is 1. The SMILES string of the molecule is NCC[C@@H](O)C1CCC(F)(F)CC1. The summed E-state index contributed by atoms with van der Waals surface area (Å²) in [6.07, 6.45) is 0.720. The second-order valence-electron chi connectivity index (χ2n) is 3.84. The quantitative estimate of drug-likeness (QED) is 0.713. The lowest BCUT2D eigenvalue weighted by Gasteiger charge is -2.31. The van der Waals surface area contributed by atoms with Gasteiger partial charge in [0.05, 0.1) is 6.10 Å². The fourth-order valence-corrected chi connectivity index (χ4v) is 1.85. The molecule has 1 saturated carbocycles. The molecule has 0 aromatic heterocycles. The predicted molar refractivity (Wildman–Crippen MR) is 46.6 cm³/mol. The zero-order valence-electron chi connectivity index (χ0n) is 7.68. The molecule has 4 heteroatoms. The smallest absolute Gasteiger partial charge is 0.248 e. The van der Waals surface area contributed by atoms with Crippen LogP contribution in [-0.2, 0) is 0 Å². The molecule has 0 heterocycles. The van der Waals surface area contributed by atoms with Gasteiger partial charge in [-0.1, -0.05) is 0 Å². The van der Waals surface area contributed by atoms with Crippen molar-refractivity contribution in [3.8, 4) is 0 Å². The molecule has 0 aromatic carbocycles. The van der Waals surface area contributed by atoms with E-state index in [1.807, 2.05) is 0 Å². The van der Waals surface area contributed by atoms with Gasteiger partial charge in [0.2, 0.25) is 5.92 Å². The first-order valence-corrected chi connectivity index (χ1v) is 4.81. The second kappa shape index (κ2) is 4.33. The third-order valence-corrected chi connectivity index (χ3v) is 2.77. The Morgan fingerprint density at radius 3 is 2.38 bits per heavy atom. The molecule has 1 fully saturated rings. The van der Waals surface area contributed by atoms with Crippen LogP contribution < -0.4 is 5.73 Å². The molecule has 1 atom stereocenters. The predicted octanol–water partition coefficient (Wildman–Crippen LogP) is 1.52. The Labute approximate surface area is 77.1 Å². The minimum atomic E-state index is -2.50. The first kappa shape index (κ1) is 10.9. The molecule has 1 aliphatic rings. The van der Waals surface area contributed by atoms with E-state index >= 15 is 0 Å². The van der Waals surface area contributed by atoms with Gasteiger partial charge in [-0.15, -0.1) is 0 Å². The highest BCUT2D eigenvalue weighted by Crippen LogP contribution is 2.37. The zero-order valence-corrected chi connectivity index (χ0v) is 7.68. The number of nitrogens with two attached hydrogens (primary N) is 1. The van der Waals surface area contributed by atoms with Crippen molar-refractivity contribution in [3.05, 3.63) is 0 Å². The van der Waals surface area contributed by atoms with Crippen LogP contribution in [0.2, 0.25) is 0 Å². The van der Waals surface area contributed by atoms with E-state index in [-0.39, 0.29) is 18.8 Å². The molecule has 0 aromatic rings. The molecule has 78 valence electrons. The summed E-state index contributed by atoms with van der Waals surface area (Å²) in [7, 11) is 0. The van der Waals surface area contributed by atoms with Crippen molar-refractivity contribution >= 4 is 0 Å². The first-order valence-electron chi connectivity index (χ1n) is 4.81. The highest BCUT2D eigenvalue weighted by Gasteiger charge is 2.36. The molecule has 3 N–H and O–H groups in total. The lowest BCUT2D eigenvalue weighted by Crippen LogP contribution is -2.32. The lowest BCUT2D eigenvalue weighted by atomic mass is 9.82. The minimum absolute atomic E-state index is 0.0307. The number of hydrogen-bond acceptors (Lipinski definition) is 2. The third kappa shape index (κ3) is 3.19. The molecular weight excluding hydrogens is 176 g/mol. The van der Waals surface area contributed by atoms with Crippen LogP contribution in [-0.4, -0.2) is 23.7 Å². The second-order valence-corrected chi connectivity index (χ2v) is 3.84. The molecule has 1 rings (SSSR count). The third-order valence-electron chi connectivity index (χ3n) is 2.77. The molecule has 0 aliphatic heterocycles. The molecule has 0 amide bonds. The van der Waals surface area contributed by atoms with E-state index in [1.54, 1.807) is 0 Å². The van der Waals surface area contributed by atoms with Crippen LogP contribution in [0.25, 0.3) is 0 Å². The van der Waals surface area contributed by atoms with Gasteiger partial charge in [-0.05, 0) is 31.7 Å². The fourth-order valence-electron chi connectivity index (χ4n) is 1.85. The standard InChI is InChI=1S/C9H17F2NO/c10-9(11)4-1-7(2-5-9)8(13)3-6-12/h7-8,13H,1-6,12H2/t8-/m1/s1. The van der Waals surface area contributed by atoms with E-state index in [0.29, 0.717) is 25.8 Å². The van der Waals surface area contributed by atoms with Gasteiger partial charge in [-0.2, -0.15) is 0 Å². The van der Waals surface area contributed by atoms with Gasteiger partial charge < -0.3 is 10.8 Å². The summed E-state index contributed by atoms with van der Waals surface area (Å²) in [5.74, 6) is -2.47. The fraction of sp³-hybridized carbons (Fsp3) is 1.00. The van der Waals surface area contributed by atoms with Crippen LogP contribution in [0.3, 0.4) is 0 Å². The molecule has 1 aliphatic carbocycles. The highest BCUT2D eigenvalue weighted by atomic mass is 19.3. The molecule has 2 nitrogen and oxygen atoms in total. The molecule has 0 saturated heterocycles. The lowest BCUT2D eigenvalue weighted by molar-refractivity contribution is -0.0626. The summed E-state index contributed by atoms with van der Waals surface area (Å²) in [5, 5.41) is 9.52. The maximum Gasteiger partial charge on any atom is 0.248 e. The summed E-state index contributed by atoms with van der Waals surface area (Å²) < 4.78 is 25.4. The minimum Gasteiger partial charge on any atom is -0.393 e. The average Bonchev–Trinajstić information content (AvgIpc) is 2.04. The van der Waals surface area contributed by atoms with Crippen LogP contribution in [0, 0.1) is 5.92 Å². The number of hydrogen-bond donors (Lipinski definition) is 2. The normalized spacial score (nSPS) is 25.8. The van der Waals surface area contributed by atoms with Gasteiger partial charge in [0, 0.05) is 12.8 Å². The van der Waals surface area contributed by atoms with E-state index < -0.39 is 12.0 Å². The number of rotatable bonds is 3. The highest BCUT2D eigenvalue weighted by molar-refractivity contribution is 4.81. The molecule has 0 unspecified atom stereocenters. The molecular formula is C9H17F2NO. The van der Waals surface area contributed by atoms with Crippen LogP contribution in [0.1, 0.15) is 32.1 Å². The van der Waals surface area contributed by atoms with Gasteiger partial charge in [0.25, 0.3) is 0 Å². The van der Waals surface area contributed by atoms with E-state index in [4.69, 9.17) is 5.73 Å². The maximum absolute atomic E-state index is 12.7. The maximum atomic E-state index is 12.7. The van der Waals surface area contributed by atoms with E-state index in [0.717, 1.165) is 0 Å². The van der Waals surface area contributed by atoms with Crippen LogP contribution in [0.5, 0.6) is 0 Å². The van der Waals surface area contributed by atoms with Crippen LogP contribution in [0.15, 0.2) is 0 Å². The van der Waals surface area contributed by atoms with Crippen molar-refractivity contribution in [2.75, 3.05) is 6.54 Å². The average molecular weight is 193 g/mol. The Bertz CT molecular complexity index is 154. The molecule has 0 radical (unpaired) electrons. The largest absolute Gasteiger partial charge is 0.393 e. The van der Waals surface area contributed by atoms with E-state index in [2.05, 4.69) is 0 Å². The van der Waals surface area contributed by atoms with E-state index in [1.165, 1.54) is 0 Å². The van der Waals surface area contributed by atoms with Gasteiger partial charge in [-0.3, -0.25) is 0 Å². The Morgan fingerprint density at radius 1 is 1.38 bits per heavy atom. The molecule has 13 heavy (non-hydrogen) atoms. The Balaban J connectivity index is 2.32. The summed E-state index contributed by atoms with van der Waals surface area (Å²) in [6, 6.07) is 0. The monoisotopic (exact) mass is 193 g/mol. The van der Waals surface area contributed by atoms with Crippen molar-refractivity contribution < 1.29 is 13.9 Å². The van der Waals surface area contributed by atoms with Gasteiger partial charge in [0.1, 0.15) is 0 Å². The van der Waals surface area contributed by atoms with Crippen molar-refractivity contribution in [1.82, 2.24) is 0 Å². The molecule has 0 spiro atoms. The van der Waals surface area contributed by atoms with Crippen molar-refractivity contribution in [1.29, 1.82) is 0 Å². The van der Waals surface area contributed by atoms with Crippen LogP contribution >= 0.6 is 0 Å². The number of halogens is 2. The number of aliphatic hydroxyl groups excluding tert-OH is 1. The number of alkyl halides is 2. The Kier molecular flexibility index (Phi) is 3.62. The molecule has 0 bridgehead atoms. The zero-order chi connectivity index (χ0) is 9.90. The van der Waals surface area contributed by atoms with E-state index in [9.17, 15) is 13.9 Å². The van der Waals surface area contributed by atoms with Gasteiger partial charge in [-0.25, -0.2) is 8.78 Å².